The molecule has 0 aliphatic carbocycles. The van der Waals surface area contributed by atoms with Gasteiger partial charge in [-0.25, -0.2) is 0 Å². The molecule has 0 saturated carbocycles. The zero-order valence-corrected chi connectivity index (χ0v) is 16.3. The van der Waals surface area contributed by atoms with Crippen molar-refractivity contribution in [1.82, 2.24) is 15.1 Å². The maximum atomic E-state index is 12.6. The van der Waals surface area contributed by atoms with E-state index in [1.54, 1.807) is 0 Å². The lowest BCUT2D eigenvalue weighted by atomic mass is 9.96. The Labute approximate surface area is 153 Å². The van der Waals surface area contributed by atoms with Gasteiger partial charge in [-0.3, -0.25) is 14.5 Å². The van der Waals surface area contributed by atoms with Gasteiger partial charge in [-0.1, -0.05) is 26.7 Å². The summed E-state index contributed by atoms with van der Waals surface area (Å²) in [5, 5.41) is 3.20. The van der Waals surface area contributed by atoms with E-state index in [1.165, 1.54) is 38.6 Å². The highest BCUT2D eigenvalue weighted by atomic mass is 16.2. The molecule has 0 aromatic heterocycles. The molecule has 2 rings (SSSR count). The third-order valence-electron chi connectivity index (χ3n) is 5.67. The van der Waals surface area contributed by atoms with Crippen LogP contribution >= 0.6 is 0 Å². The molecule has 0 aromatic rings. The molecule has 2 heterocycles. The Morgan fingerprint density at radius 1 is 1.04 bits per heavy atom. The van der Waals surface area contributed by atoms with Crippen LogP contribution in [0.2, 0.25) is 0 Å². The SMILES string of the molecule is CCCCN1CCCCC1CNC(=O)C1CCCN(C(=O)CCC)C1. The first kappa shape index (κ1) is 20.2. The molecular formula is C20H37N3O2. The minimum atomic E-state index is -0.0257. The van der Waals surface area contributed by atoms with Crippen LogP contribution in [0.25, 0.3) is 0 Å². The van der Waals surface area contributed by atoms with Gasteiger partial charge >= 0.3 is 0 Å². The van der Waals surface area contributed by atoms with E-state index in [0.29, 0.717) is 19.0 Å². The number of unbranched alkanes of at least 4 members (excludes halogenated alkanes) is 1. The maximum absolute atomic E-state index is 12.6. The molecule has 2 unspecified atom stereocenters. The molecule has 2 aliphatic rings. The van der Waals surface area contributed by atoms with Gasteiger partial charge in [0.2, 0.25) is 11.8 Å². The molecule has 2 aliphatic heterocycles. The van der Waals surface area contributed by atoms with E-state index < -0.39 is 0 Å². The zero-order valence-electron chi connectivity index (χ0n) is 16.3. The molecule has 0 aromatic carbocycles. The molecule has 144 valence electrons. The summed E-state index contributed by atoms with van der Waals surface area (Å²) in [6.07, 6.45) is 9.53. The number of carbonyl (C=O) groups is 2. The Morgan fingerprint density at radius 3 is 2.64 bits per heavy atom. The first-order chi connectivity index (χ1) is 12.2. The third kappa shape index (κ3) is 6.28. The Morgan fingerprint density at radius 2 is 1.88 bits per heavy atom. The zero-order chi connectivity index (χ0) is 18.1. The highest BCUT2D eigenvalue weighted by Gasteiger charge is 2.29. The lowest BCUT2D eigenvalue weighted by Gasteiger charge is -2.37. The van der Waals surface area contributed by atoms with Gasteiger partial charge in [0.25, 0.3) is 0 Å². The van der Waals surface area contributed by atoms with Crippen molar-refractivity contribution in [3.8, 4) is 0 Å². The van der Waals surface area contributed by atoms with Gasteiger partial charge in [0.1, 0.15) is 0 Å². The molecule has 1 N–H and O–H groups in total. The number of rotatable bonds is 8. The first-order valence-corrected chi connectivity index (χ1v) is 10.4. The van der Waals surface area contributed by atoms with Gasteiger partial charge in [0, 0.05) is 32.1 Å². The van der Waals surface area contributed by atoms with Crippen LogP contribution < -0.4 is 5.32 Å². The number of hydrogen-bond donors (Lipinski definition) is 1. The Hall–Kier alpha value is -1.10. The molecule has 2 saturated heterocycles. The maximum Gasteiger partial charge on any atom is 0.224 e. The Balaban J connectivity index is 1.79. The van der Waals surface area contributed by atoms with E-state index in [2.05, 4.69) is 17.1 Å². The Kier molecular flexibility index (Phi) is 8.73. The van der Waals surface area contributed by atoms with E-state index in [0.717, 1.165) is 38.9 Å². The number of piperidine rings is 2. The van der Waals surface area contributed by atoms with Gasteiger partial charge in [-0.05, 0) is 51.6 Å². The number of likely N-dealkylation sites (tertiary alicyclic amines) is 2. The van der Waals surface area contributed by atoms with E-state index in [-0.39, 0.29) is 17.7 Å². The van der Waals surface area contributed by atoms with E-state index in [9.17, 15) is 9.59 Å². The molecule has 5 heteroatoms. The summed E-state index contributed by atoms with van der Waals surface area (Å²) < 4.78 is 0. The second-order valence-electron chi connectivity index (χ2n) is 7.71. The topological polar surface area (TPSA) is 52.7 Å². The van der Waals surface area contributed by atoms with Gasteiger partial charge < -0.3 is 10.2 Å². The molecule has 2 fully saturated rings. The van der Waals surface area contributed by atoms with Crippen molar-refractivity contribution in [2.75, 3.05) is 32.7 Å². The lowest BCUT2D eigenvalue weighted by molar-refractivity contribution is -0.135. The molecule has 2 amide bonds. The number of hydrogen-bond acceptors (Lipinski definition) is 3. The van der Waals surface area contributed by atoms with Crippen molar-refractivity contribution in [2.24, 2.45) is 5.92 Å². The summed E-state index contributed by atoms with van der Waals surface area (Å²) >= 11 is 0. The van der Waals surface area contributed by atoms with Crippen LogP contribution in [0.5, 0.6) is 0 Å². The standard InChI is InChI=1S/C20H37N3O2/c1-3-5-12-22-13-7-6-11-18(22)15-21-20(25)17-10-8-14-23(16-17)19(24)9-4-2/h17-18H,3-16H2,1-2H3,(H,21,25). The fourth-order valence-electron chi connectivity index (χ4n) is 4.10. The Bertz CT molecular complexity index is 427. The summed E-state index contributed by atoms with van der Waals surface area (Å²) in [6.45, 7) is 8.77. The second kappa shape index (κ2) is 10.8. The van der Waals surface area contributed by atoms with Crippen molar-refractivity contribution in [2.45, 2.75) is 77.7 Å². The number of carbonyl (C=O) groups excluding carboxylic acids is 2. The monoisotopic (exact) mass is 351 g/mol. The molecule has 0 spiro atoms. The van der Waals surface area contributed by atoms with Crippen LogP contribution in [0.4, 0.5) is 0 Å². The van der Waals surface area contributed by atoms with Crippen LogP contribution in [0.15, 0.2) is 0 Å². The summed E-state index contributed by atoms with van der Waals surface area (Å²) in [7, 11) is 0. The van der Waals surface area contributed by atoms with Crippen LogP contribution in [-0.2, 0) is 9.59 Å². The number of nitrogens with one attached hydrogen (secondary N) is 1. The lowest BCUT2D eigenvalue weighted by Crippen LogP contribution is -2.50. The molecule has 2 atom stereocenters. The minimum absolute atomic E-state index is 0.0257. The van der Waals surface area contributed by atoms with Crippen LogP contribution in [0.1, 0.15) is 71.6 Å². The second-order valence-corrected chi connectivity index (χ2v) is 7.71. The average Bonchev–Trinajstić information content (AvgIpc) is 2.65. The molecule has 25 heavy (non-hydrogen) atoms. The normalized spacial score (nSPS) is 25.0. The summed E-state index contributed by atoms with van der Waals surface area (Å²) in [5.74, 6) is 0.329. The smallest absolute Gasteiger partial charge is 0.224 e. The fourth-order valence-corrected chi connectivity index (χ4v) is 4.10. The summed E-state index contributed by atoms with van der Waals surface area (Å²) in [5.41, 5.74) is 0. The first-order valence-electron chi connectivity index (χ1n) is 10.4. The predicted molar refractivity (Wildman–Crippen MR) is 101 cm³/mol. The van der Waals surface area contributed by atoms with Crippen molar-refractivity contribution in [3.63, 3.8) is 0 Å². The van der Waals surface area contributed by atoms with Gasteiger partial charge in [0.05, 0.1) is 5.92 Å². The molecule has 0 radical (unpaired) electrons. The quantitative estimate of drug-likeness (QED) is 0.731. The van der Waals surface area contributed by atoms with Crippen molar-refractivity contribution in [1.29, 1.82) is 0 Å². The summed E-state index contributed by atoms with van der Waals surface area (Å²) in [6, 6.07) is 0.491. The minimum Gasteiger partial charge on any atom is -0.354 e. The van der Waals surface area contributed by atoms with Crippen molar-refractivity contribution < 1.29 is 9.59 Å². The van der Waals surface area contributed by atoms with Crippen LogP contribution in [0.3, 0.4) is 0 Å². The van der Waals surface area contributed by atoms with E-state index >= 15 is 0 Å². The van der Waals surface area contributed by atoms with Gasteiger partial charge in [-0.2, -0.15) is 0 Å². The van der Waals surface area contributed by atoms with Gasteiger partial charge in [0.15, 0.2) is 0 Å². The third-order valence-corrected chi connectivity index (χ3v) is 5.67. The number of amides is 2. The largest absolute Gasteiger partial charge is 0.354 e. The van der Waals surface area contributed by atoms with Crippen LogP contribution in [-0.4, -0.2) is 60.4 Å². The van der Waals surface area contributed by atoms with E-state index in [4.69, 9.17) is 0 Å². The van der Waals surface area contributed by atoms with Gasteiger partial charge in [-0.15, -0.1) is 0 Å². The molecule has 0 bridgehead atoms. The van der Waals surface area contributed by atoms with Crippen molar-refractivity contribution in [3.05, 3.63) is 0 Å². The molecule has 5 nitrogen and oxygen atoms in total. The summed E-state index contributed by atoms with van der Waals surface area (Å²) in [4.78, 5) is 29.2. The predicted octanol–water partition coefficient (Wildman–Crippen LogP) is 2.80. The van der Waals surface area contributed by atoms with E-state index in [1.807, 2.05) is 11.8 Å². The highest BCUT2D eigenvalue weighted by Crippen LogP contribution is 2.19. The van der Waals surface area contributed by atoms with Crippen LogP contribution in [0, 0.1) is 5.92 Å². The number of nitrogens with zero attached hydrogens (tertiary/aromatic N) is 2. The molecular weight excluding hydrogens is 314 g/mol. The highest BCUT2D eigenvalue weighted by molar-refractivity contribution is 5.81. The fraction of sp³-hybridized carbons (Fsp3) is 0.900. The average molecular weight is 352 g/mol. The van der Waals surface area contributed by atoms with Crippen molar-refractivity contribution >= 4 is 11.8 Å².